The molecule has 2 rings (SSSR count). The molecule has 80 valence electrons. The van der Waals surface area contributed by atoms with Gasteiger partial charge in [0.15, 0.2) is 0 Å². The molecule has 1 aromatic carbocycles. The minimum Gasteiger partial charge on any atom is -0.492 e. The maximum absolute atomic E-state index is 11.6. The van der Waals surface area contributed by atoms with Crippen molar-refractivity contribution >= 4 is 17.6 Å². The summed E-state index contributed by atoms with van der Waals surface area (Å²) in [6.45, 7) is 2.51. The van der Waals surface area contributed by atoms with E-state index in [0.717, 1.165) is 11.3 Å². The van der Waals surface area contributed by atoms with E-state index in [2.05, 4.69) is 0 Å². The number of benzene rings is 1. The van der Waals surface area contributed by atoms with Crippen LogP contribution in [-0.2, 0) is 9.53 Å². The Morgan fingerprint density at radius 1 is 1.67 bits per heavy atom. The Morgan fingerprint density at radius 2 is 2.47 bits per heavy atom. The van der Waals surface area contributed by atoms with E-state index in [1.807, 2.05) is 0 Å². The summed E-state index contributed by atoms with van der Waals surface area (Å²) in [5.41, 5.74) is 0.820. The molecule has 1 unspecified atom stereocenters. The lowest BCUT2D eigenvalue weighted by Crippen LogP contribution is -2.17. The van der Waals surface area contributed by atoms with Crippen LogP contribution in [0.2, 0.25) is 5.02 Å². The number of halogens is 1. The van der Waals surface area contributed by atoms with Crippen LogP contribution in [0.5, 0.6) is 5.75 Å². The summed E-state index contributed by atoms with van der Waals surface area (Å²) in [7, 11) is 0. The van der Waals surface area contributed by atoms with Crippen LogP contribution in [-0.4, -0.2) is 19.2 Å². The number of rotatable bonds is 2. The summed E-state index contributed by atoms with van der Waals surface area (Å²) < 4.78 is 10.3. The SMILES string of the molecule is CCOC(=O)C1COc2ccc(Cl)cc21. The summed E-state index contributed by atoms with van der Waals surface area (Å²) >= 11 is 5.86. The molecule has 0 amide bonds. The largest absolute Gasteiger partial charge is 0.492 e. The minimum absolute atomic E-state index is 0.251. The fraction of sp³-hybridized carbons (Fsp3) is 0.364. The maximum atomic E-state index is 11.6. The molecule has 0 bridgehead atoms. The summed E-state index contributed by atoms with van der Waals surface area (Å²) in [6.07, 6.45) is 0. The second-order valence-electron chi connectivity index (χ2n) is 3.30. The highest BCUT2D eigenvalue weighted by Crippen LogP contribution is 2.36. The van der Waals surface area contributed by atoms with Gasteiger partial charge in [0, 0.05) is 10.6 Å². The van der Waals surface area contributed by atoms with Crippen LogP contribution in [0.4, 0.5) is 0 Å². The number of ether oxygens (including phenoxy) is 2. The molecule has 0 radical (unpaired) electrons. The molecule has 0 N–H and O–H groups in total. The zero-order chi connectivity index (χ0) is 10.8. The molecule has 0 aromatic heterocycles. The second kappa shape index (κ2) is 4.11. The van der Waals surface area contributed by atoms with E-state index in [4.69, 9.17) is 21.1 Å². The van der Waals surface area contributed by atoms with Crippen molar-refractivity contribution in [3.63, 3.8) is 0 Å². The Morgan fingerprint density at radius 3 is 3.20 bits per heavy atom. The van der Waals surface area contributed by atoms with E-state index < -0.39 is 0 Å². The molecule has 3 nitrogen and oxygen atoms in total. The van der Waals surface area contributed by atoms with Crippen LogP contribution in [0.1, 0.15) is 18.4 Å². The number of hydrogen-bond acceptors (Lipinski definition) is 3. The fourth-order valence-corrected chi connectivity index (χ4v) is 1.80. The molecule has 1 aromatic rings. The summed E-state index contributed by atoms with van der Waals surface area (Å²) in [5.74, 6) is 0.134. The zero-order valence-corrected chi connectivity index (χ0v) is 9.08. The number of fused-ring (bicyclic) bond motifs is 1. The second-order valence-corrected chi connectivity index (χ2v) is 3.73. The van der Waals surface area contributed by atoms with Crippen LogP contribution in [0.3, 0.4) is 0 Å². The van der Waals surface area contributed by atoms with E-state index in [1.54, 1.807) is 25.1 Å². The van der Waals surface area contributed by atoms with Crippen LogP contribution < -0.4 is 4.74 Å². The van der Waals surface area contributed by atoms with Gasteiger partial charge in [-0.05, 0) is 25.1 Å². The molecule has 0 aliphatic carbocycles. The van der Waals surface area contributed by atoms with Crippen LogP contribution >= 0.6 is 11.6 Å². The third-order valence-electron chi connectivity index (χ3n) is 2.32. The number of esters is 1. The highest BCUT2D eigenvalue weighted by Gasteiger charge is 2.31. The van der Waals surface area contributed by atoms with E-state index in [1.165, 1.54) is 0 Å². The third kappa shape index (κ3) is 1.92. The monoisotopic (exact) mass is 226 g/mol. The van der Waals surface area contributed by atoms with Gasteiger partial charge in [0.05, 0.1) is 6.61 Å². The minimum atomic E-state index is -0.335. The Hall–Kier alpha value is -1.22. The lowest BCUT2D eigenvalue weighted by Gasteiger charge is -2.07. The predicted molar refractivity (Wildman–Crippen MR) is 56.3 cm³/mol. The van der Waals surface area contributed by atoms with Gasteiger partial charge in [0.25, 0.3) is 0 Å². The normalized spacial score (nSPS) is 18.1. The van der Waals surface area contributed by atoms with Crippen LogP contribution in [0, 0.1) is 0 Å². The topological polar surface area (TPSA) is 35.5 Å². The molecule has 0 saturated heterocycles. The molecular weight excluding hydrogens is 216 g/mol. The highest BCUT2D eigenvalue weighted by atomic mass is 35.5. The zero-order valence-electron chi connectivity index (χ0n) is 8.33. The van der Waals surface area contributed by atoms with Crippen molar-refractivity contribution in [2.45, 2.75) is 12.8 Å². The van der Waals surface area contributed by atoms with Gasteiger partial charge in [0.2, 0.25) is 0 Å². The van der Waals surface area contributed by atoms with Gasteiger partial charge in [0.1, 0.15) is 18.3 Å². The molecule has 1 aliphatic rings. The van der Waals surface area contributed by atoms with Gasteiger partial charge in [-0.2, -0.15) is 0 Å². The molecule has 15 heavy (non-hydrogen) atoms. The molecule has 0 saturated carbocycles. The Balaban J connectivity index is 2.27. The predicted octanol–water partition coefficient (Wildman–Crippen LogP) is 2.38. The van der Waals surface area contributed by atoms with Crippen LogP contribution in [0.25, 0.3) is 0 Å². The maximum Gasteiger partial charge on any atom is 0.317 e. The number of carbonyl (C=O) groups excluding carboxylic acids is 1. The standard InChI is InChI=1S/C11H11ClO3/c1-2-14-11(13)9-6-15-10-4-3-7(12)5-8(9)10/h3-5,9H,2,6H2,1H3. The Bertz CT molecular complexity index is 389. The van der Waals surface area contributed by atoms with E-state index >= 15 is 0 Å². The van der Waals surface area contributed by atoms with Crippen LogP contribution in [0.15, 0.2) is 18.2 Å². The summed E-state index contributed by atoms with van der Waals surface area (Å²) in [5, 5.41) is 0.605. The first kappa shape index (κ1) is 10.3. The first-order chi connectivity index (χ1) is 7.22. The van der Waals surface area contributed by atoms with Gasteiger partial charge < -0.3 is 9.47 Å². The molecule has 1 heterocycles. The lowest BCUT2D eigenvalue weighted by molar-refractivity contribution is -0.145. The molecule has 4 heteroatoms. The van der Waals surface area contributed by atoms with Gasteiger partial charge in [-0.3, -0.25) is 4.79 Å². The van der Waals surface area contributed by atoms with Gasteiger partial charge >= 0.3 is 5.97 Å². The average molecular weight is 227 g/mol. The van der Waals surface area contributed by atoms with E-state index in [9.17, 15) is 4.79 Å². The third-order valence-corrected chi connectivity index (χ3v) is 2.56. The van der Waals surface area contributed by atoms with E-state index in [0.29, 0.717) is 18.2 Å². The molecule has 1 aliphatic heterocycles. The molecule has 1 atom stereocenters. The Kier molecular flexibility index (Phi) is 2.82. The average Bonchev–Trinajstić information content (AvgIpc) is 2.60. The van der Waals surface area contributed by atoms with Gasteiger partial charge in [-0.1, -0.05) is 11.6 Å². The first-order valence-electron chi connectivity index (χ1n) is 4.81. The van der Waals surface area contributed by atoms with Gasteiger partial charge in [-0.25, -0.2) is 0 Å². The number of hydrogen-bond donors (Lipinski definition) is 0. The van der Waals surface area contributed by atoms with Crippen molar-refractivity contribution < 1.29 is 14.3 Å². The van der Waals surface area contributed by atoms with Crippen molar-refractivity contribution in [2.75, 3.05) is 13.2 Å². The van der Waals surface area contributed by atoms with E-state index in [-0.39, 0.29) is 11.9 Å². The van der Waals surface area contributed by atoms with Gasteiger partial charge in [-0.15, -0.1) is 0 Å². The lowest BCUT2D eigenvalue weighted by atomic mass is 10.0. The highest BCUT2D eigenvalue weighted by molar-refractivity contribution is 6.30. The van der Waals surface area contributed by atoms with Crippen molar-refractivity contribution in [1.82, 2.24) is 0 Å². The van der Waals surface area contributed by atoms with Crippen molar-refractivity contribution in [3.05, 3.63) is 28.8 Å². The molecular formula is C11H11ClO3. The molecule has 0 spiro atoms. The van der Waals surface area contributed by atoms with Crippen molar-refractivity contribution in [3.8, 4) is 5.75 Å². The fourth-order valence-electron chi connectivity index (χ4n) is 1.62. The molecule has 0 fully saturated rings. The number of carbonyl (C=O) groups is 1. The summed E-state index contributed by atoms with van der Waals surface area (Å²) in [4.78, 5) is 11.6. The quantitative estimate of drug-likeness (QED) is 0.727. The van der Waals surface area contributed by atoms with Crippen molar-refractivity contribution in [2.24, 2.45) is 0 Å². The Labute approximate surface area is 92.9 Å². The van der Waals surface area contributed by atoms with Crippen molar-refractivity contribution in [1.29, 1.82) is 0 Å². The summed E-state index contributed by atoms with van der Waals surface area (Å²) in [6, 6.07) is 5.27. The smallest absolute Gasteiger partial charge is 0.317 e. The first-order valence-corrected chi connectivity index (χ1v) is 5.19.